The van der Waals surface area contributed by atoms with Crippen LogP contribution >= 0.6 is 0 Å². The van der Waals surface area contributed by atoms with Crippen molar-refractivity contribution in [2.24, 2.45) is 0 Å². The highest BCUT2D eigenvalue weighted by molar-refractivity contribution is 6.99. The van der Waals surface area contributed by atoms with E-state index < -0.39 is 8.32 Å². The molecule has 0 heterocycles. The topological polar surface area (TPSA) is 26.3 Å². The Kier molecular flexibility index (Phi) is 5.34. The molecule has 3 heteroatoms. The Morgan fingerprint density at radius 2 is 1.43 bits per heavy atom. The van der Waals surface area contributed by atoms with E-state index in [1.165, 1.54) is 16.4 Å². The van der Waals surface area contributed by atoms with Gasteiger partial charge in [-0.3, -0.25) is 4.79 Å². The van der Waals surface area contributed by atoms with Crippen LogP contribution in [0.4, 0.5) is 0 Å². The van der Waals surface area contributed by atoms with Gasteiger partial charge in [-0.05, 0) is 21.5 Å². The SMILES string of the molecule is C=CC(=O)CO[Si](c1ccccc1)(c1ccccc1)C(C)(C)C. The van der Waals surface area contributed by atoms with Crippen molar-refractivity contribution in [2.45, 2.75) is 25.8 Å². The zero-order chi connectivity index (χ0) is 16.9. The Balaban J connectivity index is 2.64. The number of ketones is 1. The Labute approximate surface area is 139 Å². The molecule has 0 aromatic heterocycles. The van der Waals surface area contributed by atoms with E-state index in [1.54, 1.807) is 0 Å². The molecule has 2 nitrogen and oxygen atoms in total. The second-order valence-corrected chi connectivity index (χ2v) is 10.9. The molecular weight excluding hydrogens is 300 g/mol. The van der Waals surface area contributed by atoms with Crippen molar-refractivity contribution in [3.8, 4) is 0 Å². The maximum Gasteiger partial charge on any atom is 0.261 e. The van der Waals surface area contributed by atoms with Crippen LogP contribution in [0.15, 0.2) is 73.3 Å². The van der Waals surface area contributed by atoms with Gasteiger partial charge in [0.1, 0.15) is 0 Å². The first kappa shape index (κ1) is 17.4. The molecule has 0 aliphatic heterocycles. The van der Waals surface area contributed by atoms with Crippen molar-refractivity contribution in [3.63, 3.8) is 0 Å². The second kappa shape index (κ2) is 7.07. The molecule has 23 heavy (non-hydrogen) atoms. The molecule has 0 fully saturated rings. The van der Waals surface area contributed by atoms with Gasteiger partial charge in [0.05, 0.1) is 6.61 Å². The maximum absolute atomic E-state index is 11.8. The summed E-state index contributed by atoms with van der Waals surface area (Å²) in [5.74, 6) is -0.0852. The van der Waals surface area contributed by atoms with Crippen molar-refractivity contribution in [3.05, 3.63) is 73.3 Å². The first-order valence-corrected chi connectivity index (χ1v) is 9.73. The van der Waals surface area contributed by atoms with Crippen molar-refractivity contribution in [1.29, 1.82) is 0 Å². The third-order valence-electron chi connectivity index (χ3n) is 4.08. The summed E-state index contributed by atoms with van der Waals surface area (Å²) in [5, 5.41) is 2.24. The van der Waals surface area contributed by atoms with E-state index in [1.807, 2.05) is 36.4 Å². The molecule has 0 radical (unpaired) electrons. The van der Waals surface area contributed by atoms with Crippen LogP contribution in [0.1, 0.15) is 20.8 Å². The fourth-order valence-corrected chi connectivity index (χ4v) is 7.51. The maximum atomic E-state index is 11.8. The number of benzene rings is 2. The molecule has 0 saturated carbocycles. The summed E-state index contributed by atoms with van der Waals surface area (Å²) >= 11 is 0. The van der Waals surface area contributed by atoms with E-state index in [-0.39, 0.29) is 17.4 Å². The van der Waals surface area contributed by atoms with Gasteiger partial charge in [0.25, 0.3) is 8.32 Å². The summed E-state index contributed by atoms with van der Waals surface area (Å²) in [6, 6.07) is 20.6. The predicted octanol–water partition coefficient (Wildman–Crippen LogP) is 3.32. The molecule has 0 bridgehead atoms. The molecule has 0 aliphatic rings. The normalized spacial score (nSPS) is 12.0. The molecule has 2 aromatic carbocycles. The van der Waals surface area contributed by atoms with Gasteiger partial charge in [-0.15, -0.1) is 0 Å². The smallest absolute Gasteiger partial charge is 0.261 e. The molecular formula is C20H24O2Si. The summed E-state index contributed by atoms with van der Waals surface area (Å²) in [7, 11) is -2.60. The van der Waals surface area contributed by atoms with Crippen LogP contribution in [0.3, 0.4) is 0 Å². The molecule has 0 aliphatic carbocycles. The van der Waals surface area contributed by atoms with Gasteiger partial charge in [-0.25, -0.2) is 0 Å². The molecule has 0 saturated heterocycles. The van der Waals surface area contributed by atoms with Crippen molar-refractivity contribution in [2.75, 3.05) is 6.61 Å². The van der Waals surface area contributed by atoms with Gasteiger partial charge < -0.3 is 4.43 Å². The Morgan fingerprint density at radius 3 is 1.78 bits per heavy atom. The zero-order valence-corrected chi connectivity index (χ0v) is 15.1. The largest absolute Gasteiger partial charge is 0.400 e. The molecule has 2 aromatic rings. The predicted molar refractivity (Wildman–Crippen MR) is 98.8 cm³/mol. The molecule has 120 valence electrons. The van der Waals surface area contributed by atoms with Gasteiger partial charge >= 0.3 is 0 Å². The van der Waals surface area contributed by atoms with Crippen LogP contribution in [-0.4, -0.2) is 20.7 Å². The lowest BCUT2D eigenvalue weighted by atomic mass is 10.2. The third kappa shape index (κ3) is 3.52. The summed E-state index contributed by atoms with van der Waals surface area (Å²) in [6.07, 6.45) is 1.33. The minimum Gasteiger partial charge on any atom is -0.400 e. The molecule has 0 atom stereocenters. The fourth-order valence-electron chi connectivity index (χ4n) is 3.00. The second-order valence-electron chi connectivity index (χ2n) is 6.62. The van der Waals surface area contributed by atoms with Crippen molar-refractivity contribution in [1.82, 2.24) is 0 Å². The molecule has 0 amide bonds. The van der Waals surface area contributed by atoms with E-state index in [2.05, 4.69) is 51.6 Å². The lowest BCUT2D eigenvalue weighted by molar-refractivity contribution is -0.116. The Morgan fingerprint density at radius 1 is 1.00 bits per heavy atom. The van der Waals surface area contributed by atoms with E-state index in [4.69, 9.17) is 4.43 Å². The lowest BCUT2D eigenvalue weighted by Crippen LogP contribution is -2.66. The highest BCUT2D eigenvalue weighted by atomic mass is 28.4. The summed E-state index contributed by atoms with van der Waals surface area (Å²) in [4.78, 5) is 11.8. The number of hydrogen-bond donors (Lipinski definition) is 0. The van der Waals surface area contributed by atoms with E-state index in [0.717, 1.165) is 0 Å². The number of carbonyl (C=O) groups is 1. The minimum absolute atomic E-state index is 0.0663. The van der Waals surface area contributed by atoms with E-state index in [0.29, 0.717) is 0 Å². The quantitative estimate of drug-likeness (QED) is 0.602. The van der Waals surface area contributed by atoms with Gasteiger partial charge in [0, 0.05) is 0 Å². The van der Waals surface area contributed by atoms with Gasteiger partial charge in [0.2, 0.25) is 0 Å². The van der Waals surface area contributed by atoms with E-state index >= 15 is 0 Å². The summed E-state index contributed by atoms with van der Waals surface area (Å²) in [5.41, 5.74) is 0. The van der Waals surface area contributed by atoms with Crippen LogP contribution in [0.5, 0.6) is 0 Å². The molecule has 2 rings (SSSR count). The first-order valence-electron chi connectivity index (χ1n) is 7.82. The molecule has 0 spiro atoms. The van der Waals surface area contributed by atoms with Crippen LogP contribution in [0.25, 0.3) is 0 Å². The monoisotopic (exact) mass is 324 g/mol. The Hall–Kier alpha value is -1.97. The average molecular weight is 324 g/mol. The Bertz CT molecular complexity index is 618. The third-order valence-corrected chi connectivity index (χ3v) is 9.06. The van der Waals surface area contributed by atoms with Gasteiger partial charge in [0.15, 0.2) is 5.78 Å². The van der Waals surface area contributed by atoms with Crippen LogP contribution in [0.2, 0.25) is 5.04 Å². The standard InChI is InChI=1S/C20H24O2Si/c1-5-17(21)16-22-23(20(2,3)4,18-12-8-6-9-13-18)19-14-10-7-11-15-19/h5-15H,1,16H2,2-4H3. The fraction of sp³-hybridized carbons (Fsp3) is 0.250. The van der Waals surface area contributed by atoms with Gasteiger partial charge in [-0.1, -0.05) is 88.0 Å². The number of hydrogen-bond acceptors (Lipinski definition) is 2. The van der Waals surface area contributed by atoms with Crippen LogP contribution < -0.4 is 10.4 Å². The average Bonchev–Trinajstić information content (AvgIpc) is 2.56. The summed E-state index contributed by atoms with van der Waals surface area (Å²) < 4.78 is 6.44. The lowest BCUT2D eigenvalue weighted by Gasteiger charge is -2.42. The van der Waals surface area contributed by atoms with E-state index in [9.17, 15) is 4.79 Å². The minimum atomic E-state index is -2.60. The first-order chi connectivity index (χ1) is 10.9. The van der Waals surface area contributed by atoms with Crippen LogP contribution in [0, 0.1) is 0 Å². The summed E-state index contributed by atoms with van der Waals surface area (Å²) in [6.45, 7) is 10.2. The highest BCUT2D eigenvalue weighted by Gasteiger charge is 2.50. The van der Waals surface area contributed by atoms with Gasteiger partial charge in [-0.2, -0.15) is 0 Å². The van der Waals surface area contributed by atoms with Crippen molar-refractivity contribution >= 4 is 24.5 Å². The zero-order valence-electron chi connectivity index (χ0n) is 14.1. The highest BCUT2D eigenvalue weighted by Crippen LogP contribution is 2.36. The molecule has 0 unspecified atom stereocenters. The number of rotatable bonds is 6. The number of carbonyl (C=O) groups excluding carboxylic acids is 1. The van der Waals surface area contributed by atoms with Crippen LogP contribution in [-0.2, 0) is 9.22 Å². The van der Waals surface area contributed by atoms with Crippen molar-refractivity contribution < 1.29 is 9.22 Å². The molecule has 0 N–H and O–H groups in total.